The van der Waals surface area contributed by atoms with Gasteiger partial charge >= 0.3 is 0 Å². The molecular formula is C14H15N. The van der Waals surface area contributed by atoms with Gasteiger partial charge < -0.3 is 0 Å². The third kappa shape index (κ3) is 1.91. The minimum absolute atomic E-state index is 1.08. The summed E-state index contributed by atoms with van der Waals surface area (Å²) in [5, 5.41) is 0. The average molecular weight is 197 g/mol. The Bertz CT molecular complexity index is 446. The Morgan fingerprint density at radius 2 is 2.00 bits per heavy atom. The van der Waals surface area contributed by atoms with Crippen LogP contribution in [0.1, 0.15) is 18.1 Å². The van der Waals surface area contributed by atoms with Crippen LogP contribution in [-0.2, 0) is 6.42 Å². The Kier molecular flexibility index (Phi) is 2.82. The number of nitrogens with zero attached hydrogens (tertiary/aromatic N) is 1. The van der Waals surface area contributed by atoms with Gasteiger partial charge in [0.2, 0.25) is 0 Å². The smallest absolute Gasteiger partial charge is 0.0346 e. The highest BCUT2D eigenvalue weighted by Gasteiger charge is 2.04. The van der Waals surface area contributed by atoms with Crippen molar-refractivity contribution in [2.45, 2.75) is 20.3 Å². The second kappa shape index (κ2) is 4.26. The molecule has 0 amide bonds. The number of hydrogen-bond donors (Lipinski definition) is 0. The highest BCUT2D eigenvalue weighted by atomic mass is 14.6. The van der Waals surface area contributed by atoms with E-state index in [0.29, 0.717) is 0 Å². The first-order valence-corrected chi connectivity index (χ1v) is 5.32. The molecule has 76 valence electrons. The Balaban J connectivity index is 2.54. The molecule has 1 heterocycles. The predicted molar refractivity (Wildman–Crippen MR) is 63.8 cm³/mol. The highest BCUT2D eigenvalue weighted by Crippen LogP contribution is 2.24. The standard InChI is InChI=1S/C14H15N/c1-3-12-6-4-8-14(11(12)2)13-7-5-9-15-10-13/h4-10H,3H2,1-2H3. The average Bonchev–Trinajstić information content (AvgIpc) is 2.30. The predicted octanol–water partition coefficient (Wildman–Crippen LogP) is 3.62. The molecule has 0 saturated carbocycles. The maximum absolute atomic E-state index is 4.16. The van der Waals surface area contributed by atoms with Gasteiger partial charge in [0.1, 0.15) is 0 Å². The van der Waals surface area contributed by atoms with Crippen molar-refractivity contribution >= 4 is 0 Å². The summed E-state index contributed by atoms with van der Waals surface area (Å²) < 4.78 is 0. The molecule has 1 aromatic heterocycles. The Morgan fingerprint density at radius 3 is 2.67 bits per heavy atom. The lowest BCUT2D eigenvalue weighted by Crippen LogP contribution is -1.90. The van der Waals surface area contributed by atoms with Crippen LogP contribution in [0.3, 0.4) is 0 Å². The normalized spacial score (nSPS) is 10.3. The molecule has 1 aromatic carbocycles. The lowest BCUT2D eigenvalue weighted by molar-refractivity contribution is 1.11. The molecule has 0 aliphatic heterocycles. The number of pyridine rings is 1. The lowest BCUT2D eigenvalue weighted by Gasteiger charge is -2.09. The molecule has 0 aliphatic carbocycles. The zero-order valence-corrected chi connectivity index (χ0v) is 9.20. The molecule has 15 heavy (non-hydrogen) atoms. The summed E-state index contributed by atoms with van der Waals surface area (Å²) in [7, 11) is 0. The SMILES string of the molecule is CCc1cccc(-c2cccnc2)c1C. The van der Waals surface area contributed by atoms with Crippen LogP contribution in [0.25, 0.3) is 11.1 Å². The fourth-order valence-corrected chi connectivity index (χ4v) is 1.90. The molecule has 0 unspecified atom stereocenters. The Labute approximate surface area is 90.8 Å². The van der Waals surface area contributed by atoms with E-state index in [0.717, 1.165) is 6.42 Å². The van der Waals surface area contributed by atoms with Crippen LogP contribution in [0.2, 0.25) is 0 Å². The number of aryl methyl sites for hydroxylation is 1. The fourth-order valence-electron chi connectivity index (χ4n) is 1.90. The largest absolute Gasteiger partial charge is 0.264 e. The number of rotatable bonds is 2. The number of aromatic nitrogens is 1. The molecule has 0 bridgehead atoms. The second-order valence-corrected chi connectivity index (χ2v) is 3.68. The molecular weight excluding hydrogens is 182 g/mol. The molecule has 0 spiro atoms. The van der Waals surface area contributed by atoms with E-state index in [1.807, 2.05) is 18.5 Å². The van der Waals surface area contributed by atoms with E-state index in [-0.39, 0.29) is 0 Å². The maximum atomic E-state index is 4.16. The Morgan fingerprint density at radius 1 is 1.13 bits per heavy atom. The quantitative estimate of drug-likeness (QED) is 0.716. The van der Waals surface area contributed by atoms with Crippen molar-refractivity contribution in [1.29, 1.82) is 0 Å². The van der Waals surface area contributed by atoms with Crippen LogP contribution >= 0.6 is 0 Å². The van der Waals surface area contributed by atoms with Gasteiger partial charge in [-0.2, -0.15) is 0 Å². The van der Waals surface area contributed by atoms with Crippen LogP contribution in [0.15, 0.2) is 42.7 Å². The number of hydrogen-bond acceptors (Lipinski definition) is 1. The third-order valence-corrected chi connectivity index (χ3v) is 2.80. The third-order valence-electron chi connectivity index (χ3n) is 2.80. The lowest BCUT2D eigenvalue weighted by atomic mass is 9.96. The van der Waals surface area contributed by atoms with E-state index < -0.39 is 0 Å². The van der Waals surface area contributed by atoms with Gasteiger partial charge in [-0.25, -0.2) is 0 Å². The Hall–Kier alpha value is -1.63. The summed E-state index contributed by atoms with van der Waals surface area (Å²) in [6, 6.07) is 10.6. The molecule has 2 rings (SSSR count). The van der Waals surface area contributed by atoms with Gasteiger partial charge in [-0.15, -0.1) is 0 Å². The van der Waals surface area contributed by atoms with E-state index >= 15 is 0 Å². The van der Waals surface area contributed by atoms with Crippen molar-refractivity contribution in [3.05, 3.63) is 53.9 Å². The van der Waals surface area contributed by atoms with Crippen molar-refractivity contribution in [2.24, 2.45) is 0 Å². The van der Waals surface area contributed by atoms with Crippen molar-refractivity contribution in [1.82, 2.24) is 4.98 Å². The van der Waals surface area contributed by atoms with Gasteiger partial charge in [0.25, 0.3) is 0 Å². The monoisotopic (exact) mass is 197 g/mol. The minimum Gasteiger partial charge on any atom is -0.264 e. The molecule has 0 atom stereocenters. The molecule has 1 nitrogen and oxygen atoms in total. The van der Waals surface area contributed by atoms with Crippen LogP contribution < -0.4 is 0 Å². The van der Waals surface area contributed by atoms with Gasteiger partial charge in [0.05, 0.1) is 0 Å². The van der Waals surface area contributed by atoms with Gasteiger partial charge in [0.15, 0.2) is 0 Å². The van der Waals surface area contributed by atoms with Crippen molar-refractivity contribution < 1.29 is 0 Å². The summed E-state index contributed by atoms with van der Waals surface area (Å²) in [6.45, 7) is 4.37. The first-order chi connectivity index (χ1) is 7.33. The van der Waals surface area contributed by atoms with Gasteiger partial charge in [-0.3, -0.25) is 4.98 Å². The highest BCUT2D eigenvalue weighted by molar-refractivity contribution is 5.67. The minimum atomic E-state index is 1.08. The summed E-state index contributed by atoms with van der Waals surface area (Å²) >= 11 is 0. The van der Waals surface area contributed by atoms with Gasteiger partial charge in [0, 0.05) is 18.0 Å². The van der Waals surface area contributed by atoms with E-state index in [1.54, 1.807) is 0 Å². The topological polar surface area (TPSA) is 12.9 Å². The first-order valence-electron chi connectivity index (χ1n) is 5.32. The van der Waals surface area contributed by atoms with Gasteiger partial charge in [-0.1, -0.05) is 31.2 Å². The molecule has 2 aromatic rings. The van der Waals surface area contributed by atoms with E-state index in [9.17, 15) is 0 Å². The summed E-state index contributed by atoms with van der Waals surface area (Å²) in [5.74, 6) is 0. The van der Waals surface area contributed by atoms with Crippen molar-refractivity contribution in [2.75, 3.05) is 0 Å². The van der Waals surface area contributed by atoms with Crippen LogP contribution in [0, 0.1) is 6.92 Å². The summed E-state index contributed by atoms with van der Waals surface area (Å²) in [4.78, 5) is 4.16. The first kappa shape index (κ1) is 9.91. The van der Waals surface area contributed by atoms with Crippen molar-refractivity contribution in [3.63, 3.8) is 0 Å². The zero-order chi connectivity index (χ0) is 10.7. The molecule has 0 saturated heterocycles. The van der Waals surface area contributed by atoms with Crippen LogP contribution in [0.4, 0.5) is 0 Å². The molecule has 0 fully saturated rings. The van der Waals surface area contributed by atoms with Crippen LogP contribution in [-0.4, -0.2) is 4.98 Å². The summed E-state index contributed by atoms with van der Waals surface area (Å²) in [6.07, 6.45) is 4.81. The zero-order valence-electron chi connectivity index (χ0n) is 9.20. The molecule has 0 radical (unpaired) electrons. The van der Waals surface area contributed by atoms with E-state index in [2.05, 4.69) is 43.1 Å². The number of benzene rings is 1. The molecule has 0 N–H and O–H groups in total. The van der Waals surface area contributed by atoms with Crippen molar-refractivity contribution in [3.8, 4) is 11.1 Å². The summed E-state index contributed by atoms with van der Waals surface area (Å²) in [5.41, 5.74) is 5.28. The second-order valence-electron chi connectivity index (χ2n) is 3.68. The molecule has 0 aliphatic rings. The van der Waals surface area contributed by atoms with E-state index in [1.165, 1.54) is 22.3 Å². The molecule has 1 heteroatoms. The fraction of sp³-hybridized carbons (Fsp3) is 0.214. The maximum Gasteiger partial charge on any atom is 0.0346 e. The van der Waals surface area contributed by atoms with Crippen LogP contribution in [0.5, 0.6) is 0 Å². The van der Waals surface area contributed by atoms with E-state index in [4.69, 9.17) is 0 Å². The van der Waals surface area contributed by atoms with Gasteiger partial charge in [-0.05, 0) is 36.1 Å².